The van der Waals surface area contributed by atoms with Gasteiger partial charge in [0, 0.05) is 12.8 Å². The maximum atomic E-state index is 12.8. The second kappa shape index (κ2) is 37.1. The van der Waals surface area contributed by atoms with E-state index in [0.29, 0.717) is 19.3 Å². The Bertz CT molecular complexity index is 741. The number of quaternary nitrogens is 1. The van der Waals surface area contributed by atoms with Crippen LogP contribution in [0.1, 0.15) is 221 Å². The van der Waals surface area contributed by atoms with Gasteiger partial charge in [0.2, 0.25) is 0 Å². The molecule has 0 aromatic carbocycles. The summed E-state index contributed by atoms with van der Waals surface area (Å²) >= 11 is 0. The Balaban J connectivity index is 4.26. The highest BCUT2D eigenvalue weighted by Gasteiger charge is 2.26. The molecule has 0 radical (unpaired) electrons. The molecule has 0 unspecified atom stereocenters. The van der Waals surface area contributed by atoms with E-state index in [0.717, 1.165) is 82.0 Å². The summed E-state index contributed by atoms with van der Waals surface area (Å²) in [5.41, 5.74) is 0. The zero-order valence-electron chi connectivity index (χ0n) is 34.3. The van der Waals surface area contributed by atoms with Crippen LogP contribution in [0.15, 0.2) is 24.3 Å². The molecule has 0 atom stereocenters. The predicted octanol–water partition coefficient (Wildman–Crippen LogP) is 13.7. The summed E-state index contributed by atoms with van der Waals surface area (Å²) < 4.78 is 12.5. The standard InChI is InChI=1S/C45H86NO4/c1-6-11-13-15-17-19-21-23-25-27-29-31-33-35-37-39-43(47)49-45(41-42-46(8-3,9-4)10-5)50-44(48)40-38-36-34-32-30-28-26-24-22-20-18-16-14-12-7-2/h23-26,45H,6-22,27-42H2,1-5H3/q+1/b25-23-,26-24-. The zero-order chi connectivity index (χ0) is 36.8. The minimum atomic E-state index is -0.775. The van der Waals surface area contributed by atoms with Gasteiger partial charge in [-0.05, 0) is 85.0 Å². The SMILES string of the molecule is CCCCCCCC/C=C\CCCCCCCC(=O)OC(CC[N+](CC)(CC)CC)OC(=O)CCCCCCC/C=C\CCCCCCCC. The van der Waals surface area contributed by atoms with Gasteiger partial charge in [0.1, 0.15) is 0 Å². The van der Waals surface area contributed by atoms with Crippen molar-refractivity contribution < 1.29 is 23.5 Å². The Hall–Kier alpha value is -1.62. The van der Waals surface area contributed by atoms with Crippen LogP contribution in [0.4, 0.5) is 0 Å². The van der Waals surface area contributed by atoms with Gasteiger partial charge in [-0.15, -0.1) is 0 Å². The average molecular weight is 705 g/mol. The number of carbonyl (C=O) groups is 2. The number of hydrogen-bond acceptors (Lipinski definition) is 4. The predicted molar refractivity (Wildman–Crippen MR) is 216 cm³/mol. The molecule has 0 saturated heterocycles. The fourth-order valence-corrected chi connectivity index (χ4v) is 6.76. The second-order valence-electron chi connectivity index (χ2n) is 14.9. The lowest BCUT2D eigenvalue weighted by molar-refractivity contribution is -0.923. The molecule has 0 aliphatic heterocycles. The highest BCUT2D eigenvalue weighted by atomic mass is 16.7. The Morgan fingerprint density at radius 3 is 1.06 bits per heavy atom. The molecule has 0 aromatic rings. The molecule has 0 fully saturated rings. The third-order valence-corrected chi connectivity index (χ3v) is 10.7. The molecule has 5 heteroatoms. The molecular formula is C45H86NO4+. The summed E-state index contributed by atoms with van der Waals surface area (Å²) in [6, 6.07) is 0. The van der Waals surface area contributed by atoms with E-state index in [1.807, 2.05) is 0 Å². The van der Waals surface area contributed by atoms with Gasteiger partial charge in [-0.2, -0.15) is 0 Å². The van der Waals surface area contributed by atoms with Crippen LogP contribution in [-0.4, -0.2) is 48.9 Å². The van der Waals surface area contributed by atoms with Gasteiger partial charge in [-0.3, -0.25) is 9.59 Å². The quantitative estimate of drug-likeness (QED) is 0.0211. The monoisotopic (exact) mass is 705 g/mol. The van der Waals surface area contributed by atoms with Gasteiger partial charge in [0.15, 0.2) is 0 Å². The summed E-state index contributed by atoms with van der Waals surface area (Å²) in [6.45, 7) is 15.1. The largest absolute Gasteiger partial charge is 0.425 e. The maximum absolute atomic E-state index is 12.8. The fourth-order valence-electron chi connectivity index (χ4n) is 6.76. The van der Waals surface area contributed by atoms with Crippen molar-refractivity contribution in [3.8, 4) is 0 Å². The topological polar surface area (TPSA) is 52.6 Å². The van der Waals surface area contributed by atoms with E-state index < -0.39 is 6.29 Å². The van der Waals surface area contributed by atoms with Gasteiger partial charge in [-0.1, -0.05) is 141 Å². The van der Waals surface area contributed by atoms with Crippen molar-refractivity contribution in [2.24, 2.45) is 0 Å². The minimum absolute atomic E-state index is 0.232. The summed E-state index contributed by atoms with van der Waals surface area (Å²) in [6.07, 6.45) is 42.0. The van der Waals surface area contributed by atoms with Crippen LogP contribution in [0.2, 0.25) is 0 Å². The van der Waals surface area contributed by atoms with Crippen molar-refractivity contribution in [3.05, 3.63) is 24.3 Å². The van der Waals surface area contributed by atoms with Crippen LogP contribution < -0.4 is 0 Å². The molecule has 0 rings (SSSR count). The number of ether oxygens (including phenoxy) is 2. The average Bonchev–Trinajstić information content (AvgIpc) is 3.12. The van der Waals surface area contributed by atoms with Gasteiger partial charge in [-0.25, -0.2) is 0 Å². The summed E-state index contributed by atoms with van der Waals surface area (Å²) in [5.74, 6) is -0.465. The van der Waals surface area contributed by atoms with E-state index in [2.05, 4.69) is 58.9 Å². The highest BCUT2D eigenvalue weighted by molar-refractivity contribution is 5.71. The number of unbranched alkanes of at least 4 members (excludes halogenated alkanes) is 22. The molecule has 0 heterocycles. The van der Waals surface area contributed by atoms with Crippen molar-refractivity contribution >= 4 is 11.9 Å². The van der Waals surface area contributed by atoms with Crippen LogP contribution in [0.3, 0.4) is 0 Å². The molecule has 0 aromatic heterocycles. The molecule has 0 spiro atoms. The molecular weight excluding hydrogens is 618 g/mol. The van der Waals surface area contributed by atoms with Crippen LogP contribution in [0, 0.1) is 0 Å². The molecule has 294 valence electrons. The minimum Gasteiger partial charge on any atom is -0.425 e. The van der Waals surface area contributed by atoms with E-state index in [-0.39, 0.29) is 11.9 Å². The Morgan fingerprint density at radius 2 is 0.740 bits per heavy atom. The number of rotatable bonds is 38. The zero-order valence-corrected chi connectivity index (χ0v) is 34.3. The van der Waals surface area contributed by atoms with Gasteiger partial charge < -0.3 is 14.0 Å². The lowest BCUT2D eigenvalue weighted by Gasteiger charge is -2.36. The van der Waals surface area contributed by atoms with Gasteiger partial charge in [0.25, 0.3) is 6.29 Å². The number of esters is 2. The number of allylic oxidation sites excluding steroid dienone is 4. The summed E-state index contributed by atoms with van der Waals surface area (Å²) in [4.78, 5) is 25.6. The molecule has 0 aliphatic carbocycles. The van der Waals surface area contributed by atoms with Crippen molar-refractivity contribution in [3.63, 3.8) is 0 Å². The first-order valence-corrected chi connectivity index (χ1v) is 22.0. The Kier molecular flexibility index (Phi) is 35.9. The maximum Gasteiger partial charge on any atom is 0.308 e. The van der Waals surface area contributed by atoms with E-state index in [1.165, 1.54) is 116 Å². The number of nitrogens with zero attached hydrogens (tertiary/aromatic N) is 1. The summed E-state index contributed by atoms with van der Waals surface area (Å²) in [5, 5.41) is 0. The van der Waals surface area contributed by atoms with Gasteiger partial charge >= 0.3 is 11.9 Å². The Morgan fingerprint density at radius 1 is 0.440 bits per heavy atom. The molecule has 50 heavy (non-hydrogen) atoms. The Labute approximate surface area is 312 Å². The van der Waals surface area contributed by atoms with Crippen molar-refractivity contribution in [2.75, 3.05) is 26.2 Å². The first kappa shape index (κ1) is 48.4. The normalized spacial score (nSPS) is 12.1. The fraction of sp³-hybridized carbons (Fsp3) is 0.867. The molecule has 0 saturated carbocycles. The number of hydrogen-bond donors (Lipinski definition) is 0. The number of carbonyl (C=O) groups excluding carboxylic acids is 2. The van der Waals surface area contributed by atoms with Crippen molar-refractivity contribution in [2.45, 2.75) is 227 Å². The van der Waals surface area contributed by atoms with Crippen LogP contribution >= 0.6 is 0 Å². The van der Waals surface area contributed by atoms with Crippen LogP contribution in [0.25, 0.3) is 0 Å². The van der Waals surface area contributed by atoms with E-state index in [1.54, 1.807) is 0 Å². The van der Waals surface area contributed by atoms with Crippen molar-refractivity contribution in [1.82, 2.24) is 0 Å². The third kappa shape index (κ3) is 31.1. The van der Waals surface area contributed by atoms with Gasteiger partial charge in [0.05, 0.1) is 32.6 Å². The third-order valence-electron chi connectivity index (χ3n) is 10.7. The first-order chi connectivity index (χ1) is 24.5. The molecule has 0 N–H and O–H groups in total. The van der Waals surface area contributed by atoms with E-state index in [9.17, 15) is 9.59 Å². The van der Waals surface area contributed by atoms with E-state index >= 15 is 0 Å². The smallest absolute Gasteiger partial charge is 0.308 e. The highest BCUT2D eigenvalue weighted by Crippen LogP contribution is 2.16. The molecule has 0 aliphatic rings. The summed E-state index contributed by atoms with van der Waals surface area (Å²) in [7, 11) is 0. The first-order valence-electron chi connectivity index (χ1n) is 22.0. The lowest BCUT2D eigenvalue weighted by atomic mass is 10.1. The van der Waals surface area contributed by atoms with Crippen LogP contribution in [0.5, 0.6) is 0 Å². The molecule has 0 bridgehead atoms. The van der Waals surface area contributed by atoms with Crippen LogP contribution in [-0.2, 0) is 19.1 Å². The lowest BCUT2D eigenvalue weighted by Crippen LogP contribution is -2.49. The second-order valence-corrected chi connectivity index (χ2v) is 14.9. The van der Waals surface area contributed by atoms with Crippen molar-refractivity contribution in [1.29, 1.82) is 0 Å². The molecule has 0 amide bonds. The molecule has 5 nitrogen and oxygen atoms in total. The van der Waals surface area contributed by atoms with E-state index in [4.69, 9.17) is 9.47 Å².